The molecule has 2 rings (SSSR count). The molecule has 1 N–H and O–H groups in total. The van der Waals surface area contributed by atoms with E-state index in [1.807, 2.05) is 0 Å². The molecule has 130 valence electrons. The number of halogens is 4. The van der Waals surface area contributed by atoms with Gasteiger partial charge in [-0.15, -0.1) is 0 Å². The van der Waals surface area contributed by atoms with Crippen LogP contribution < -0.4 is 5.32 Å². The van der Waals surface area contributed by atoms with Crippen LogP contribution in [0.15, 0.2) is 18.2 Å². The summed E-state index contributed by atoms with van der Waals surface area (Å²) < 4.78 is 53.5. The molecule has 1 atom stereocenters. The second kappa shape index (κ2) is 7.62. The van der Waals surface area contributed by atoms with E-state index in [0.717, 1.165) is 38.7 Å². The van der Waals surface area contributed by atoms with Gasteiger partial charge in [0, 0.05) is 37.8 Å². The van der Waals surface area contributed by atoms with Crippen molar-refractivity contribution < 1.29 is 17.6 Å². The van der Waals surface area contributed by atoms with Crippen molar-refractivity contribution in [2.45, 2.75) is 38.9 Å². The van der Waals surface area contributed by atoms with Gasteiger partial charge in [-0.1, -0.05) is 26.0 Å². The van der Waals surface area contributed by atoms with Crippen molar-refractivity contribution in [1.82, 2.24) is 10.2 Å². The highest BCUT2D eigenvalue weighted by Crippen LogP contribution is 2.36. The number of hydrogen-bond acceptors (Lipinski definition) is 2. The van der Waals surface area contributed by atoms with Crippen molar-refractivity contribution in [3.05, 3.63) is 35.1 Å². The molecule has 0 spiro atoms. The van der Waals surface area contributed by atoms with Crippen LogP contribution in [-0.4, -0.2) is 31.1 Å². The molecule has 0 aromatic heterocycles. The Morgan fingerprint density at radius 1 is 1.13 bits per heavy atom. The van der Waals surface area contributed by atoms with Crippen LogP contribution >= 0.6 is 0 Å². The van der Waals surface area contributed by atoms with E-state index in [-0.39, 0.29) is 11.6 Å². The Morgan fingerprint density at radius 3 is 2.35 bits per heavy atom. The monoisotopic (exact) mass is 332 g/mol. The van der Waals surface area contributed by atoms with E-state index in [4.69, 9.17) is 0 Å². The topological polar surface area (TPSA) is 15.3 Å². The fourth-order valence-electron chi connectivity index (χ4n) is 3.05. The summed E-state index contributed by atoms with van der Waals surface area (Å²) in [4.78, 5) is 2.09. The quantitative estimate of drug-likeness (QED) is 0.812. The van der Waals surface area contributed by atoms with Gasteiger partial charge < -0.3 is 5.32 Å². The van der Waals surface area contributed by atoms with Crippen LogP contribution in [0.5, 0.6) is 0 Å². The maximum Gasteiger partial charge on any atom is 0.419 e. The molecule has 0 saturated carbocycles. The molecule has 1 aromatic carbocycles. The Hall–Kier alpha value is -1.14. The summed E-state index contributed by atoms with van der Waals surface area (Å²) >= 11 is 0. The van der Waals surface area contributed by atoms with Crippen LogP contribution in [-0.2, 0) is 6.18 Å². The predicted molar refractivity (Wildman–Crippen MR) is 82.7 cm³/mol. The Morgan fingerprint density at radius 2 is 1.78 bits per heavy atom. The average Bonchev–Trinajstić information content (AvgIpc) is 2.48. The van der Waals surface area contributed by atoms with Gasteiger partial charge in [-0.25, -0.2) is 4.39 Å². The maximum absolute atomic E-state index is 14.5. The molecular weight excluding hydrogens is 308 g/mol. The van der Waals surface area contributed by atoms with E-state index in [9.17, 15) is 17.6 Å². The number of nitrogens with one attached hydrogen (secondary N) is 1. The van der Waals surface area contributed by atoms with E-state index >= 15 is 0 Å². The largest absolute Gasteiger partial charge is 0.419 e. The molecule has 1 saturated heterocycles. The first-order valence-electron chi connectivity index (χ1n) is 8.11. The molecule has 2 nitrogen and oxygen atoms in total. The molecule has 1 heterocycles. The van der Waals surface area contributed by atoms with Crippen LogP contribution in [0.25, 0.3) is 0 Å². The molecule has 0 unspecified atom stereocenters. The minimum atomic E-state index is -4.66. The van der Waals surface area contributed by atoms with Crippen LogP contribution in [0.1, 0.15) is 43.9 Å². The van der Waals surface area contributed by atoms with Gasteiger partial charge in [-0.3, -0.25) is 4.90 Å². The number of hydrogen-bond donors (Lipinski definition) is 1. The van der Waals surface area contributed by atoms with Gasteiger partial charge in [0.05, 0.1) is 5.56 Å². The zero-order chi connectivity index (χ0) is 17.0. The third kappa shape index (κ3) is 4.67. The molecule has 1 aliphatic rings. The second-order valence-corrected chi connectivity index (χ2v) is 6.48. The number of piperazine rings is 1. The molecule has 6 heteroatoms. The Kier molecular flexibility index (Phi) is 6.03. The highest BCUT2D eigenvalue weighted by Gasteiger charge is 2.36. The van der Waals surface area contributed by atoms with Crippen LogP contribution in [0.3, 0.4) is 0 Å². The number of benzene rings is 1. The van der Waals surface area contributed by atoms with Gasteiger partial charge in [0.2, 0.25) is 0 Å². The van der Waals surface area contributed by atoms with Gasteiger partial charge in [0.1, 0.15) is 5.82 Å². The first kappa shape index (κ1) is 18.2. The van der Waals surface area contributed by atoms with Crippen molar-refractivity contribution in [2.24, 2.45) is 5.92 Å². The molecule has 23 heavy (non-hydrogen) atoms. The summed E-state index contributed by atoms with van der Waals surface area (Å²) in [5.74, 6) is -0.693. The number of alkyl halides is 3. The first-order valence-corrected chi connectivity index (χ1v) is 8.11. The molecule has 0 bridgehead atoms. The minimum absolute atomic E-state index is 0.169. The predicted octanol–water partition coefficient (Wildman–Crippen LogP) is 4.23. The van der Waals surface area contributed by atoms with Crippen molar-refractivity contribution in [2.75, 3.05) is 26.2 Å². The summed E-state index contributed by atoms with van der Waals surface area (Å²) in [6, 6.07) is 3.32. The van der Waals surface area contributed by atoms with Gasteiger partial charge in [-0.05, 0) is 24.8 Å². The lowest BCUT2D eigenvalue weighted by atomic mass is 9.94. The Balaban J connectivity index is 2.34. The molecule has 1 aliphatic heterocycles. The van der Waals surface area contributed by atoms with Gasteiger partial charge in [0.15, 0.2) is 0 Å². The summed E-state index contributed by atoms with van der Waals surface area (Å²) in [6.07, 6.45) is -3.15. The van der Waals surface area contributed by atoms with E-state index in [0.29, 0.717) is 12.3 Å². The highest BCUT2D eigenvalue weighted by atomic mass is 19.4. The first-order chi connectivity index (χ1) is 10.8. The normalized spacial score (nSPS) is 18.4. The third-order valence-electron chi connectivity index (χ3n) is 4.30. The summed E-state index contributed by atoms with van der Waals surface area (Å²) in [7, 11) is 0. The number of nitrogens with zero attached hydrogens (tertiary/aromatic N) is 1. The van der Waals surface area contributed by atoms with E-state index < -0.39 is 17.6 Å². The molecule has 0 amide bonds. The molecule has 0 radical (unpaired) electrons. The highest BCUT2D eigenvalue weighted by molar-refractivity contribution is 5.30. The average molecular weight is 332 g/mol. The SMILES string of the molecule is CC(C)CC[C@H](c1cccc(C(F)(F)F)c1F)N1CCNCC1. The zero-order valence-electron chi connectivity index (χ0n) is 13.6. The number of rotatable bonds is 5. The van der Waals surface area contributed by atoms with E-state index in [1.54, 1.807) is 0 Å². The molecular formula is C17H24F4N2. The summed E-state index contributed by atoms with van der Waals surface area (Å²) in [5, 5.41) is 3.22. The maximum atomic E-state index is 14.5. The smallest absolute Gasteiger partial charge is 0.314 e. The van der Waals surface area contributed by atoms with Crippen molar-refractivity contribution in [3.8, 4) is 0 Å². The zero-order valence-corrected chi connectivity index (χ0v) is 13.6. The van der Waals surface area contributed by atoms with Crippen molar-refractivity contribution in [1.29, 1.82) is 0 Å². The third-order valence-corrected chi connectivity index (χ3v) is 4.30. The van der Waals surface area contributed by atoms with Crippen LogP contribution in [0, 0.1) is 11.7 Å². The minimum Gasteiger partial charge on any atom is -0.314 e. The van der Waals surface area contributed by atoms with Gasteiger partial charge in [-0.2, -0.15) is 13.2 Å². The van der Waals surface area contributed by atoms with Gasteiger partial charge >= 0.3 is 6.18 Å². The Bertz CT molecular complexity index is 508. The second-order valence-electron chi connectivity index (χ2n) is 6.48. The van der Waals surface area contributed by atoms with Crippen molar-refractivity contribution >= 4 is 0 Å². The molecule has 1 fully saturated rings. The fraction of sp³-hybridized carbons (Fsp3) is 0.647. The van der Waals surface area contributed by atoms with Crippen LogP contribution in [0.2, 0.25) is 0 Å². The lowest BCUT2D eigenvalue weighted by molar-refractivity contribution is -0.140. The van der Waals surface area contributed by atoms with E-state index in [1.165, 1.54) is 12.1 Å². The lowest BCUT2D eigenvalue weighted by Crippen LogP contribution is -2.45. The standard InChI is InChI=1S/C17H24F4N2/c1-12(2)6-7-15(23-10-8-22-9-11-23)13-4-3-5-14(16(13)18)17(19,20)21/h3-5,12,15,22H,6-11H2,1-2H3/t15-/m1/s1. The summed E-state index contributed by atoms with van der Waals surface area (Å²) in [6.45, 7) is 7.13. The molecule has 0 aliphatic carbocycles. The van der Waals surface area contributed by atoms with Gasteiger partial charge in [0.25, 0.3) is 0 Å². The molecule has 1 aromatic rings. The van der Waals surface area contributed by atoms with Crippen LogP contribution in [0.4, 0.5) is 17.6 Å². The van der Waals surface area contributed by atoms with Crippen molar-refractivity contribution in [3.63, 3.8) is 0 Å². The fourth-order valence-corrected chi connectivity index (χ4v) is 3.05. The lowest BCUT2D eigenvalue weighted by Gasteiger charge is -2.36. The van der Waals surface area contributed by atoms with E-state index in [2.05, 4.69) is 24.1 Å². The summed E-state index contributed by atoms with van der Waals surface area (Å²) in [5.41, 5.74) is -0.998. The Labute approximate surface area is 134 Å².